The molecule has 94 valence electrons. The molecule has 1 aromatic carbocycles. The van der Waals surface area contributed by atoms with Gasteiger partial charge in [0.15, 0.2) is 0 Å². The largest absolute Gasteiger partial charge is 0.492 e. The molecule has 3 heteroatoms. The number of benzene rings is 1. The normalized spacial score (nSPS) is 10.3. The van der Waals surface area contributed by atoms with Crippen molar-refractivity contribution in [3.05, 3.63) is 59.9 Å². The second-order valence-electron chi connectivity index (χ2n) is 4.08. The van der Waals surface area contributed by atoms with Gasteiger partial charge in [-0.05, 0) is 24.5 Å². The maximum Gasteiger partial charge on any atom is 0.143 e. The van der Waals surface area contributed by atoms with Gasteiger partial charge in [0.2, 0.25) is 0 Å². The van der Waals surface area contributed by atoms with E-state index in [4.69, 9.17) is 9.84 Å². The van der Waals surface area contributed by atoms with Crippen LogP contribution in [0.5, 0.6) is 5.75 Å². The summed E-state index contributed by atoms with van der Waals surface area (Å²) in [6.45, 7) is 0.615. The number of rotatable bonds is 6. The van der Waals surface area contributed by atoms with Crippen LogP contribution in [0.1, 0.15) is 17.5 Å². The van der Waals surface area contributed by atoms with Crippen LogP contribution >= 0.6 is 0 Å². The van der Waals surface area contributed by atoms with Crippen LogP contribution in [-0.4, -0.2) is 16.7 Å². The quantitative estimate of drug-likeness (QED) is 0.793. The van der Waals surface area contributed by atoms with Gasteiger partial charge in [-0.25, -0.2) is 0 Å². The predicted molar refractivity (Wildman–Crippen MR) is 70.4 cm³/mol. The molecule has 0 saturated carbocycles. The first kappa shape index (κ1) is 12.6. The van der Waals surface area contributed by atoms with Crippen molar-refractivity contribution in [2.75, 3.05) is 6.61 Å². The van der Waals surface area contributed by atoms with Gasteiger partial charge >= 0.3 is 0 Å². The molecule has 2 aromatic rings. The highest BCUT2D eigenvalue weighted by Gasteiger charge is 2.01. The Labute approximate surface area is 107 Å². The zero-order chi connectivity index (χ0) is 12.6. The molecule has 0 aliphatic carbocycles. The lowest BCUT2D eigenvalue weighted by Gasteiger charge is -2.09. The number of nitrogens with zero attached hydrogens (tertiary/aromatic N) is 1. The third-order valence-electron chi connectivity index (χ3n) is 2.75. The van der Waals surface area contributed by atoms with Gasteiger partial charge in [0.1, 0.15) is 5.75 Å². The summed E-state index contributed by atoms with van der Waals surface area (Å²) in [5.74, 6) is 0.674. The molecule has 0 aliphatic heterocycles. The van der Waals surface area contributed by atoms with Crippen LogP contribution in [0.3, 0.4) is 0 Å². The maximum absolute atomic E-state index is 9.15. The lowest BCUT2D eigenvalue weighted by molar-refractivity contribution is 0.260. The Balaban J connectivity index is 1.78. The molecular formula is C15H17NO2. The summed E-state index contributed by atoms with van der Waals surface area (Å²) in [5, 5.41) is 9.15. The van der Waals surface area contributed by atoms with Crippen LogP contribution < -0.4 is 4.74 Å². The second kappa shape index (κ2) is 6.77. The van der Waals surface area contributed by atoms with Gasteiger partial charge in [0, 0.05) is 11.8 Å². The van der Waals surface area contributed by atoms with E-state index in [9.17, 15) is 0 Å². The molecule has 0 atom stereocenters. The fourth-order valence-electron chi connectivity index (χ4n) is 1.77. The van der Waals surface area contributed by atoms with Crippen molar-refractivity contribution in [1.82, 2.24) is 4.98 Å². The lowest BCUT2D eigenvalue weighted by atomic mass is 10.1. The zero-order valence-electron chi connectivity index (χ0n) is 10.2. The summed E-state index contributed by atoms with van der Waals surface area (Å²) < 4.78 is 5.63. The van der Waals surface area contributed by atoms with Gasteiger partial charge in [-0.1, -0.05) is 30.3 Å². The zero-order valence-corrected chi connectivity index (χ0v) is 10.2. The summed E-state index contributed by atoms with van der Waals surface area (Å²) in [6.07, 6.45) is 5.25. The predicted octanol–water partition coefficient (Wildman–Crippen LogP) is 2.59. The molecule has 0 aliphatic rings. The second-order valence-corrected chi connectivity index (χ2v) is 4.08. The van der Waals surface area contributed by atoms with Crippen LogP contribution in [0.15, 0.2) is 48.8 Å². The summed E-state index contributed by atoms with van der Waals surface area (Å²) in [4.78, 5) is 3.99. The minimum Gasteiger partial charge on any atom is -0.492 e. The number of aliphatic hydroxyl groups is 1. The summed E-state index contributed by atoms with van der Waals surface area (Å²) in [6, 6.07) is 12.1. The Bertz CT molecular complexity index is 471. The SMILES string of the molecule is OCc1ccncc1OCCCc1ccccc1. The highest BCUT2D eigenvalue weighted by molar-refractivity contribution is 5.28. The maximum atomic E-state index is 9.15. The standard InChI is InChI=1S/C15H17NO2/c17-12-14-8-9-16-11-15(14)18-10-4-7-13-5-2-1-3-6-13/h1-3,5-6,8-9,11,17H,4,7,10,12H2. The fourth-order valence-corrected chi connectivity index (χ4v) is 1.77. The van der Waals surface area contributed by atoms with Gasteiger partial charge in [0.05, 0.1) is 19.4 Å². The monoisotopic (exact) mass is 243 g/mol. The Morgan fingerprint density at radius 3 is 2.72 bits per heavy atom. The Morgan fingerprint density at radius 1 is 1.11 bits per heavy atom. The van der Waals surface area contributed by atoms with Crippen molar-refractivity contribution in [3.8, 4) is 5.75 Å². The third kappa shape index (κ3) is 3.57. The Hall–Kier alpha value is -1.87. The van der Waals surface area contributed by atoms with Crippen molar-refractivity contribution in [1.29, 1.82) is 0 Å². The number of aryl methyl sites for hydroxylation is 1. The third-order valence-corrected chi connectivity index (χ3v) is 2.75. The summed E-state index contributed by atoms with van der Waals surface area (Å²) in [7, 11) is 0. The van der Waals surface area contributed by atoms with Crippen molar-refractivity contribution in [3.63, 3.8) is 0 Å². The van der Waals surface area contributed by atoms with E-state index in [1.54, 1.807) is 18.5 Å². The molecule has 0 spiro atoms. The first-order chi connectivity index (χ1) is 8.90. The van der Waals surface area contributed by atoms with E-state index in [0.717, 1.165) is 18.4 Å². The minimum atomic E-state index is -0.0173. The molecule has 18 heavy (non-hydrogen) atoms. The number of pyridine rings is 1. The summed E-state index contributed by atoms with van der Waals surface area (Å²) >= 11 is 0. The topological polar surface area (TPSA) is 42.4 Å². The molecule has 1 N–H and O–H groups in total. The molecule has 0 amide bonds. The van der Waals surface area contributed by atoms with Crippen LogP contribution in [0.2, 0.25) is 0 Å². The average molecular weight is 243 g/mol. The average Bonchev–Trinajstić information content (AvgIpc) is 2.45. The molecule has 3 nitrogen and oxygen atoms in total. The molecule has 1 heterocycles. The molecule has 0 radical (unpaired) electrons. The van der Waals surface area contributed by atoms with E-state index in [1.807, 2.05) is 18.2 Å². The number of ether oxygens (including phenoxy) is 1. The van der Waals surface area contributed by atoms with Crippen molar-refractivity contribution < 1.29 is 9.84 Å². The molecule has 1 aromatic heterocycles. The van der Waals surface area contributed by atoms with Crippen molar-refractivity contribution in [2.45, 2.75) is 19.4 Å². The van der Waals surface area contributed by atoms with Gasteiger partial charge in [0.25, 0.3) is 0 Å². The van der Waals surface area contributed by atoms with E-state index >= 15 is 0 Å². The number of aliphatic hydroxyl groups excluding tert-OH is 1. The highest BCUT2D eigenvalue weighted by Crippen LogP contribution is 2.16. The number of hydrogen-bond acceptors (Lipinski definition) is 3. The molecule has 0 saturated heterocycles. The molecule has 0 fully saturated rings. The lowest BCUT2D eigenvalue weighted by Crippen LogP contribution is -2.02. The van der Waals surface area contributed by atoms with E-state index in [2.05, 4.69) is 17.1 Å². The Kier molecular flexibility index (Phi) is 4.73. The first-order valence-corrected chi connectivity index (χ1v) is 6.10. The van der Waals surface area contributed by atoms with E-state index in [-0.39, 0.29) is 6.61 Å². The number of hydrogen-bond donors (Lipinski definition) is 1. The van der Waals surface area contributed by atoms with E-state index in [1.165, 1.54) is 5.56 Å². The summed E-state index contributed by atoms with van der Waals surface area (Å²) in [5.41, 5.74) is 2.10. The van der Waals surface area contributed by atoms with Crippen LogP contribution in [0.25, 0.3) is 0 Å². The van der Waals surface area contributed by atoms with E-state index < -0.39 is 0 Å². The molecule has 2 rings (SSSR count). The molecular weight excluding hydrogens is 226 g/mol. The minimum absolute atomic E-state index is 0.0173. The van der Waals surface area contributed by atoms with Crippen molar-refractivity contribution in [2.24, 2.45) is 0 Å². The van der Waals surface area contributed by atoms with Gasteiger partial charge in [-0.3, -0.25) is 4.98 Å². The smallest absolute Gasteiger partial charge is 0.143 e. The highest BCUT2D eigenvalue weighted by atomic mass is 16.5. The molecule has 0 unspecified atom stereocenters. The van der Waals surface area contributed by atoms with Crippen LogP contribution in [-0.2, 0) is 13.0 Å². The Morgan fingerprint density at radius 2 is 1.94 bits per heavy atom. The van der Waals surface area contributed by atoms with Crippen molar-refractivity contribution >= 4 is 0 Å². The van der Waals surface area contributed by atoms with Crippen LogP contribution in [0.4, 0.5) is 0 Å². The van der Waals surface area contributed by atoms with Gasteiger partial charge in [-0.15, -0.1) is 0 Å². The van der Waals surface area contributed by atoms with E-state index in [0.29, 0.717) is 12.4 Å². The fraction of sp³-hybridized carbons (Fsp3) is 0.267. The number of aromatic nitrogens is 1. The van der Waals surface area contributed by atoms with Crippen LogP contribution in [0, 0.1) is 0 Å². The van der Waals surface area contributed by atoms with Gasteiger partial charge in [-0.2, -0.15) is 0 Å². The first-order valence-electron chi connectivity index (χ1n) is 6.10. The molecule has 0 bridgehead atoms. The van der Waals surface area contributed by atoms with Gasteiger partial charge < -0.3 is 9.84 Å².